The van der Waals surface area contributed by atoms with Gasteiger partial charge in [0.1, 0.15) is 5.78 Å². The van der Waals surface area contributed by atoms with Crippen LogP contribution in [0.5, 0.6) is 0 Å². The Balaban J connectivity index is 1.57. The summed E-state index contributed by atoms with van der Waals surface area (Å²) >= 11 is 0. The third-order valence-electron chi connectivity index (χ3n) is 6.38. The molecule has 0 saturated carbocycles. The molecule has 3 rings (SSSR count). The summed E-state index contributed by atoms with van der Waals surface area (Å²) in [5.74, 6) is -0.900. The first kappa shape index (κ1) is 25.6. The van der Waals surface area contributed by atoms with E-state index in [4.69, 9.17) is 0 Å². The van der Waals surface area contributed by atoms with Crippen LogP contribution in [0, 0.1) is 11.8 Å². The van der Waals surface area contributed by atoms with Crippen molar-refractivity contribution in [3.05, 3.63) is 65.7 Å². The number of ketones is 2. The molecule has 0 aliphatic carbocycles. The fourth-order valence-corrected chi connectivity index (χ4v) is 4.13. The fraction of sp³-hybridized carbons (Fsp3) is 0.464. The zero-order valence-electron chi connectivity index (χ0n) is 20.8. The minimum atomic E-state index is -0.792. The van der Waals surface area contributed by atoms with Crippen molar-refractivity contribution in [3.63, 3.8) is 0 Å². The minimum absolute atomic E-state index is 0.0268. The lowest BCUT2D eigenvalue weighted by atomic mass is 9.93. The summed E-state index contributed by atoms with van der Waals surface area (Å²) in [6.07, 6.45) is 0.0335. The SMILES string of the molecule is CC(C)C(=O)CC(NC(=O)c1ccc(N2CCN(Cc3ccccc3)CC2)cc1)C(=O)C(C)C. The van der Waals surface area contributed by atoms with E-state index in [0.717, 1.165) is 38.4 Å². The summed E-state index contributed by atoms with van der Waals surface area (Å²) in [6, 6.07) is 17.2. The van der Waals surface area contributed by atoms with Crippen LogP contribution in [0.4, 0.5) is 5.69 Å². The summed E-state index contributed by atoms with van der Waals surface area (Å²) in [6.45, 7) is 12.0. The molecule has 1 N–H and O–H groups in total. The summed E-state index contributed by atoms with van der Waals surface area (Å²) in [4.78, 5) is 42.5. The van der Waals surface area contributed by atoms with Gasteiger partial charge in [-0.2, -0.15) is 0 Å². The number of Topliss-reactive ketones (excluding diaryl/α,β-unsaturated/α-hetero) is 2. The molecule has 34 heavy (non-hydrogen) atoms. The molecular weight excluding hydrogens is 426 g/mol. The van der Waals surface area contributed by atoms with Gasteiger partial charge in [-0.15, -0.1) is 0 Å². The number of carbonyl (C=O) groups excluding carboxylic acids is 3. The Morgan fingerprint density at radius 3 is 2.00 bits per heavy atom. The number of benzene rings is 2. The number of carbonyl (C=O) groups is 3. The van der Waals surface area contributed by atoms with Gasteiger partial charge in [0, 0.05) is 62.2 Å². The third-order valence-corrected chi connectivity index (χ3v) is 6.38. The molecular formula is C28H37N3O3. The molecule has 2 aromatic carbocycles. The van der Waals surface area contributed by atoms with Crippen molar-refractivity contribution >= 4 is 23.2 Å². The van der Waals surface area contributed by atoms with Crippen molar-refractivity contribution in [1.82, 2.24) is 10.2 Å². The van der Waals surface area contributed by atoms with Crippen LogP contribution < -0.4 is 10.2 Å². The van der Waals surface area contributed by atoms with E-state index >= 15 is 0 Å². The highest BCUT2D eigenvalue weighted by atomic mass is 16.2. The molecule has 1 unspecified atom stereocenters. The third kappa shape index (κ3) is 7.00. The summed E-state index contributed by atoms with van der Waals surface area (Å²) < 4.78 is 0. The highest BCUT2D eigenvalue weighted by Crippen LogP contribution is 2.19. The Bertz CT molecular complexity index is 962. The zero-order chi connectivity index (χ0) is 24.7. The smallest absolute Gasteiger partial charge is 0.251 e. The van der Waals surface area contributed by atoms with Gasteiger partial charge >= 0.3 is 0 Å². The van der Waals surface area contributed by atoms with Gasteiger partial charge in [0.15, 0.2) is 5.78 Å². The lowest BCUT2D eigenvalue weighted by Gasteiger charge is -2.36. The molecule has 0 aromatic heterocycles. The molecule has 1 atom stereocenters. The van der Waals surface area contributed by atoms with Crippen molar-refractivity contribution in [2.45, 2.75) is 46.7 Å². The van der Waals surface area contributed by atoms with Gasteiger partial charge in [0.2, 0.25) is 0 Å². The minimum Gasteiger partial charge on any atom is -0.369 e. The second-order valence-electron chi connectivity index (χ2n) is 9.70. The number of amides is 1. The van der Waals surface area contributed by atoms with Crippen LogP contribution >= 0.6 is 0 Å². The maximum atomic E-state index is 12.8. The molecule has 1 amide bonds. The van der Waals surface area contributed by atoms with Crippen LogP contribution in [0.3, 0.4) is 0 Å². The largest absolute Gasteiger partial charge is 0.369 e. The predicted molar refractivity (Wildman–Crippen MR) is 136 cm³/mol. The Kier molecular flexibility index (Phi) is 8.99. The van der Waals surface area contributed by atoms with Crippen LogP contribution in [0.2, 0.25) is 0 Å². The lowest BCUT2D eigenvalue weighted by molar-refractivity contribution is -0.129. The van der Waals surface area contributed by atoms with Crippen LogP contribution in [0.25, 0.3) is 0 Å². The summed E-state index contributed by atoms with van der Waals surface area (Å²) in [5, 5.41) is 2.80. The van der Waals surface area contributed by atoms with Crippen molar-refractivity contribution in [3.8, 4) is 0 Å². The van der Waals surface area contributed by atoms with E-state index < -0.39 is 6.04 Å². The Hall–Kier alpha value is -2.99. The van der Waals surface area contributed by atoms with E-state index in [1.807, 2.05) is 18.2 Å². The number of nitrogens with one attached hydrogen (secondary N) is 1. The van der Waals surface area contributed by atoms with E-state index in [-0.39, 0.29) is 35.7 Å². The van der Waals surface area contributed by atoms with Crippen molar-refractivity contribution < 1.29 is 14.4 Å². The van der Waals surface area contributed by atoms with Gasteiger partial charge in [-0.1, -0.05) is 58.0 Å². The van der Waals surface area contributed by atoms with Crippen molar-refractivity contribution in [1.29, 1.82) is 0 Å². The summed E-state index contributed by atoms with van der Waals surface area (Å²) in [7, 11) is 0. The molecule has 0 radical (unpaired) electrons. The normalized spacial score (nSPS) is 15.4. The first-order valence-corrected chi connectivity index (χ1v) is 12.2. The van der Waals surface area contributed by atoms with E-state index in [9.17, 15) is 14.4 Å². The molecule has 6 nitrogen and oxygen atoms in total. The topological polar surface area (TPSA) is 69.7 Å². The number of hydrogen-bond donors (Lipinski definition) is 1. The quantitative estimate of drug-likeness (QED) is 0.578. The monoisotopic (exact) mass is 463 g/mol. The second-order valence-corrected chi connectivity index (χ2v) is 9.70. The average Bonchev–Trinajstić information content (AvgIpc) is 2.84. The summed E-state index contributed by atoms with van der Waals surface area (Å²) in [5.41, 5.74) is 2.90. The Morgan fingerprint density at radius 2 is 1.44 bits per heavy atom. The molecule has 0 bridgehead atoms. The molecule has 1 heterocycles. The molecule has 1 saturated heterocycles. The van der Waals surface area contributed by atoms with Gasteiger partial charge < -0.3 is 10.2 Å². The second kappa shape index (κ2) is 11.9. The van der Waals surface area contributed by atoms with Crippen LogP contribution in [-0.4, -0.2) is 54.6 Å². The van der Waals surface area contributed by atoms with Crippen LogP contribution in [-0.2, 0) is 16.1 Å². The fourth-order valence-electron chi connectivity index (χ4n) is 4.13. The number of anilines is 1. The molecule has 2 aromatic rings. The Labute approximate surface area is 203 Å². The molecule has 1 fully saturated rings. The Morgan fingerprint density at radius 1 is 0.824 bits per heavy atom. The number of piperazine rings is 1. The van der Waals surface area contributed by atoms with Gasteiger partial charge in [-0.3, -0.25) is 19.3 Å². The molecule has 0 spiro atoms. The average molecular weight is 464 g/mol. The van der Waals surface area contributed by atoms with E-state index in [0.29, 0.717) is 5.56 Å². The van der Waals surface area contributed by atoms with Gasteiger partial charge in [0.05, 0.1) is 6.04 Å². The number of hydrogen-bond acceptors (Lipinski definition) is 5. The van der Waals surface area contributed by atoms with E-state index in [1.54, 1.807) is 39.8 Å². The van der Waals surface area contributed by atoms with Crippen LogP contribution in [0.1, 0.15) is 50.0 Å². The van der Waals surface area contributed by atoms with E-state index in [1.165, 1.54) is 5.56 Å². The maximum absolute atomic E-state index is 12.8. The molecule has 1 aliphatic heterocycles. The van der Waals surface area contributed by atoms with E-state index in [2.05, 4.69) is 39.4 Å². The first-order chi connectivity index (χ1) is 16.2. The van der Waals surface area contributed by atoms with Crippen molar-refractivity contribution in [2.75, 3.05) is 31.1 Å². The molecule has 182 valence electrons. The highest BCUT2D eigenvalue weighted by Gasteiger charge is 2.27. The van der Waals surface area contributed by atoms with Gasteiger partial charge in [-0.25, -0.2) is 0 Å². The van der Waals surface area contributed by atoms with Crippen molar-refractivity contribution in [2.24, 2.45) is 11.8 Å². The number of rotatable bonds is 10. The van der Waals surface area contributed by atoms with Gasteiger partial charge in [0.25, 0.3) is 5.91 Å². The van der Waals surface area contributed by atoms with Crippen LogP contribution in [0.15, 0.2) is 54.6 Å². The standard InChI is InChI=1S/C28H37N3O3/c1-20(2)26(32)18-25(27(33)21(3)4)29-28(34)23-10-12-24(13-11-23)31-16-14-30(15-17-31)19-22-8-6-5-7-9-22/h5-13,20-21,25H,14-19H2,1-4H3,(H,29,34). The first-order valence-electron chi connectivity index (χ1n) is 12.2. The van der Waals surface area contributed by atoms with Gasteiger partial charge in [-0.05, 0) is 29.8 Å². The molecule has 6 heteroatoms. The highest BCUT2D eigenvalue weighted by molar-refractivity contribution is 6.00. The zero-order valence-corrected chi connectivity index (χ0v) is 20.8. The maximum Gasteiger partial charge on any atom is 0.251 e. The molecule has 1 aliphatic rings. The number of nitrogens with zero attached hydrogens (tertiary/aromatic N) is 2. The predicted octanol–water partition coefficient (Wildman–Crippen LogP) is 3.95. The lowest BCUT2D eigenvalue weighted by Crippen LogP contribution is -2.46.